The molecule has 5 atom stereocenters. The van der Waals surface area contributed by atoms with E-state index in [4.69, 9.17) is 4.74 Å². The number of fused-ring (bicyclic) bond motifs is 1. The second-order valence-electron chi connectivity index (χ2n) is 9.95. The number of para-hydroxylation sites is 1. The Hall–Kier alpha value is -1.51. The zero-order valence-corrected chi connectivity index (χ0v) is 18.1. The van der Waals surface area contributed by atoms with Crippen LogP contribution in [0, 0.1) is 29.1 Å². The lowest BCUT2D eigenvalue weighted by Crippen LogP contribution is -2.43. The fourth-order valence-electron chi connectivity index (χ4n) is 6.13. The van der Waals surface area contributed by atoms with Gasteiger partial charge in [0.2, 0.25) is 0 Å². The summed E-state index contributed by atoms with van der Waals surface area (Å²) in [7, 11) is 0. The summed E-state index contributed by atoms with van der Waals surface area (Å²) < 4.78 is 5.98. The third kappa shape index (κ3) is 4.39. The van der Waals surface area contributed by atoms with Gasteiger partial charge in [-0.1, -0.05) is 59.1 Å². The van der Waals surface area contributed by atoms with Gasteiger partial charge in [-0.25, -0.2) is 4.79 Å². The number of hydrogen-bond donors (Lipinski definition) is 1. The molecule has 2 aliphatic rings. The molecule has 0 spiro atoms. The number of rotatable bonds is 7. The molecule has 0 saturated heterocycles. The van der Waals surface area contributed by atoms with Crippen molar-refractivity contribution in [3.8, 4) is 5.75 Å². The molecule has 3 nitrogen and oxygen atoms in total. The molecule has 156 valence electrons. The van der Waals surface area contributed by atoms with E-state index >= 15 is 0 Å². The van der Waals surface area contributed by atoms with Gasteiger partial charge in [0.05, 0.1) is 0 Å². The van der Waals surface area contributed by atoms with Gasteiger partial charge in [0.1, 0.15) is 17.4 Å². The largest absolute Gasteiger partial charge is 0.507 e. The molecule has 0 aliphatic heterocycles. The zero-order chi connectivity index (χ0) is 20.3. The van der Waals surface area contributed by atoms with E-state index in [0.717, 1.165) is 37.0 Å². The highest BCUT2D eigenvalue weighted by Crippen LogP contribution is 2.59. The molecule has 1 N–H and O–H groups in total. The summed E-state index contributed by atoms with van der Waals surface area (Å²) in [5.41, 5.74) is 0.561. The summed E-state index contributed by atoms with van der Waals surface area (Å²) in [4.78, 5) is 12.7. The van der Waals surface area contributed by atoms with Crippen LogP contribution in [0.4, 0.5) is 0 Å². The van der Waals surface area contributed by atoms with Crippen LogP contribution < -0.4 is 0 Å². The number of benzene rings is 1. The molecule has 1 aromatic carbocycles. The van der Waals surface area contributed by atoms with Gasteiger partial charge in [-0.3, -0.25) is 0 Å². The van der Waals surface area contributed by atoms with Gasteiger partial charge in [0.15, 0.2) is 0 Å². The predicted molar refractivity (Wildman–Crippen MR) is 113 cm³/mol. The van der Waals surface area contributed by atoms with Crippen LogP contribution in [0.15, 0.2) is 24.3 Å². The molecule has 0 radical (unpaired) electrons. The lowest BCUT2D eigenvalue weighted by atomic mass is 9.61. The zero-order valence-electron chi connectivity index (χ0n) is 18.1. The number of carbonyl (C=O) groups excluding carboxylic acids is 1. The Bertz CT molecular complexity index is 668. The maximum atomic E-state index is 12.7. The summed E-state index contributed by atoms with van der Waals surface area (Å²) in [6.07, 6.45) is 9.69. The van der Waals surface area contributed by atoms with E-state index in [9.17, 15) is 9.90 Å². The molecule has 0 bridgehead atoms. The van der Waals surface area contributed by atoms with Crippen LogP contribution >= 0.6 is 0 Å². The van der Waals surface area contributed by atoms with Gasteiger partial charge >= 0.3 is 5.97 Å². The molecule has 2 aliphatic carbocycles. The topological polar surface area (TPSA) is 46.5 Å². The molecule has 3 heteroatoms. The van der Waals surface area contributed by atoms with Crippen LogP contribution in [0.25, 0.3) is 0 Å². The highest BCUT2D eigenvalue weighted by Gasteiger charge is 2.53. The molecule has 2 saturated carbocycles. The number of aromatic hydroxyl groups is 1. The van der Waals surface area contributed by atoms with E-state index in [2.05, 4.69) is 27.7 Å². The average molecular weight is 387 g/mol. The van der Waals surface area contributed by atoms with Crippen molar-refractivity contribution in [2.75, 3.05) is 0 Å². The van der Waals surface area contributed by atoms with Crippen LogP contribution in [0.1, 0.15) is 89.4 Å². The maximum absolute atomic E-state index is 12.7. The van der Waals surface area contributed by atoms with Crippen molar-refractivity contribution in [3.05, 3.63) is 29.8 Å². The first kappa shape index (κ1) is 21.2. The molecule has 0 amide bonds. The minimum Gasteiger partial charge on any atom is -0.507 e. The summed E-state index contributed by atoms with van der Waals surface area (Å²) >= 11 is 0. The fourth-order valence-corrected chi connectivity index (χ4v) is 6.13. The molecule has 3 rings (SSSR count). The summed E-state index contributed by atoms with van der Waals surface area (Å²) in [5, 5.41) is 9.98. The summed E-state index contributed by atoms with van der Waals surface area (Å²) in [6.45, 7) is 9.51. The smallest absolute Gasteiger partial charge is 0.342 e. The Balaban J connectivity index is 1.66. The van der Waals surface area contributed by atoms with Crippen LogP contribution in [-0.2, 0) is 4.74 Å². The molecule has 2 fully saturated rings. The second kappa shape index (κ2) is 8.88. The van der Waals surface area contributed by atoms with E-state index in [1.54, 1.807) is 24.3 Å². The first-order valence-electron chi connectivity index (χ1n) is 11.3. The minimum atomic E-state index is -0.374. The van der Waals surface area contributed by atoms with Crippen molar-refractivity contribution >= 4 is 5.97 Å². The Morgan fingerprint density at radius 2 is 1.93 bits per heavy atom. The van der Waals surface area contributed by atoms with Crippen molar-refractivity contribution in [3.63, 3.8) is 0 Å². The van der Waals surface area contributed by atoms with Crippen molar-refractivity contribution in [1.82, 2.24) is 0 Å². The van der Waals surface area contributed by atoms with Crippen LogP contribution in [-0.4, -0.2) is 17.2 Å². The van der Waals surface area contributed by atoms with Crippen molar-refractivity contribution in [2.45, 2.75) is 85.2 Å². The van der Waals surface area contributed by atoms with Gasteiger partial charge in [0, 0.05) is 5.92 Å². The lowest BCUT2D eigenvalue weighted by Gasteiger charge is -2.46. The molecule has 28 heavy (non-hydrogen) atoms. The summed E-state index contributed by atoms with van der Waals surface area (Å²) in [5.74, 6) is 2.34. The molecule has 1 aromatic rings. The van der Waals surface area contributed by atoms with Gasteiger partial charge in [-0.15, -0.1) is 0 Å². The Morgan fingerprint density at radius 3 is 2.64 bits per heavy atom. The fraction of sp³-hybridized carbons (Fsp3) is 0.720. The molecule has 0 aromatic heterocycles. The maximum Gasteiger partial charge on any atom is 0.342 e. The van der Waals surface area contributed by atoms with E-state index in [-0.39, 0.29) is 28.8 Å². The predicted octanol–water partition coefficient (Wildman–Crippen LogP) is 6.60. The average Bonchev–Trinajstić information content (AvgIpc) is 2.99. The molecule has 0 heterocycles. The van der Waals surface area contributed by atoms with Crippen molar-refractivity contribution in [2.24, 2.45) is 29.1 Å². The van der Waals surface area contributed by atoms with Gasteiger partial charge < -0.3 is 9.84 Å². The molecule has 0 unspecified atom stereocenters. The summed E-state index contributed by atoms with van der Waals surface area (Å²) in [6, 6.07) is 6.69. The number of carbonyl (C=O) groups is 1. The number of esters is 1. The SMILES string of the molecule is CC(C)CCC[C@@H](C)[C@H]1CC[C@H]2[C@@H](OC(=O)c3ccccc3O)CCC[C@]12C. The number of phenolic OH excluding ortho intramolecular Hbond substituents is 1. The van der Waals surface area contributed by atoms with E-state index in [0.29, 0.717) is 5.92 Å². The third-order valence-corrected chi connectivity index (χ3v) is 7.65. The van der Waals surface area contributed by atoms with Crippen LogP contribution in [0.2, 0.25) is 0 Å². The molecular formula is C25H38O3. The van der Waals surface area contributed by atoms with E-state index < -0.39 is 0 Å². The monoisotopic (exact) mass is 386 g/mol. The van der Waals surface area contributed by atoms with Gasteiger partial charge in [-0.05, 0) is 67.4 Å². The molecular weight excluding hydrogens is 348 g/mol. The van der Waals surface area contributed by atoms with Crippen molar-refractivity contribution < 1.29 is 14.6 Å². The lowest BCUT2D eigenvalue weighted by molar-refractivity contribution is -0.0474. The Kier molecular flexibility index (Phi) is 6.73. The minimum absolute atomic E-state index is 0.00847. The second-order valence-corrected chi connectivity index (χ2v) is 9.95. The highest BCUT2D eigenvalue weighted by molar-refractivity contribution is 5.92. The Morgan fingerprint density at radius 1 is 1.18 bits per heavy atom. The van der Waals surface area contributed by atoms with Gasteiger partial charge in [-0.2, -0.15) is 0 Å². The third-order valence-electron chi connectivity index (χ3n) is 7.65. The highest BCUT2D eigenvalue weighted by atomic mass is 16.5. The van der Waals surface area contributed by atoms with E-state index in [1.165, 1.54) is 32.1 Å². The number of phenols is 1. The first-order valence-corrected chi connectivity index (χ1v) is 11.3. The van der Waals surface area contributed by atoms with Crippen molar-refractivity contribution in [1.29, 1.82) is 0 Å². The first-order chi connectivity index (χ1) is 13.3. The van der Waals surface area contributed by atoms with Crippen LogP contribution in [0.5, 0.6) is 5.75 Å². The number of hydrogen-bond acceptors (Lipinski definition) is 3. The van der Waals surface area contributed by atoms with E-state index in [1.807, 2.05) is 0 Å². The van der Waals surface area contributed by atoms with Gasteiger partial charge in [0.25, 0.3) is 0 Å². The standard InChI is InChI=1S/C25H38O3/c1-17(2)9-7-10-18(3)20-14-15-21-23(13-8-16-25(20,21)4)28-24(27)19-11-5-6-12-22(19)26/h5-6,11-12,17-18,20-21,23,26H,7-10,13-16H2,1-4H3/t18-,20-,21+,23+,25-/m1/s1. The normalized spacial score (nSPS) is 30.8. The quantitative estimate of drug-likeness (QED) is 0.537. The van der Waals surface area contributed by atoms with Crippen LogP contribution in [0.3, 0.4) is 0 Å². The Labute approximate surface area is 170 Å². The number of ether oxygens (including phenoxy) is 1.